The van der Waals surface area contributed by atoms with Crippen LogP contribution in [-0.2, 0) is 4.74 Å². The normalized spacial score (nSPS) is 32.9. The summed E-state index contributed by atoms with van der Waals surface area (Å²) >= 11 is 2.49. The van der Waals surface area contributed by atoms with E-state index in [0.29, 0.717) is 22.2 Å². The zero-order valence-electron chi connectivity index (χ0n) is 14.8. The standard InChI is InChI=1S/C20H29IO2/c1-5-17(21)14-6-8-16(9-7-14)22-13-23-18-19(2,3)15-10-11-20(18,4)12-15/h6-9,15,17-18H,5,10-13H2,1-4H3. The van der Waals surface area contributed by atoms with Crippen LogP contribution in [0.1, 0.15) is 62.9 Å². The summed E-state index contributed by atoms with van der Waals surface area (Å²) in [7, 11) is 0. The quantitative estimate of drug-likeness (QED) is 0.308. The predicted octanol–water partition coefficient (Wildman–Crippen LogP) is 6.14. The largest absolute Gasteiger partial charge is 0.468 e. The van der Waals surface area contributed by atoms with Gasteiger partial charge in [0.15, 0.2) is 6.79 Å². The van der Waals surface area contributed by atoms with Crippen LogP contribution in [0.3, 0.4) is 0 Å². The van der Waals surface area contributed by atoms with Gasteiger partial charge >= 0.3 is 0 Å². The van der Waals surface area contributed by atoms with Crippen molar-refractivity contribution in [3.8, 4) is 5.75 Å². The third-order valence-electron chi connectivity index (χ3n) is 6.20. The van der Waals surface area contributed by atoms with Crippen molar-refractivity contribution < 1.29 is 9.47 Å². The number of alkyl halides is 1. The molecule has 2 saturated carbocycles. The molecule has 2 bridgehead atoms. The van der Waals surface area contributed by atoms with E-state index in [1.54, 1.807) is 0 Å². The minimum Gasteiger partial charge on any atom is -0.468 e. The van der Waals surface area contributed by atoms with E-state index in [1.165, 1.54) is 24.8 Å². The fraction of sp³-hybridized carbons (Fsp3) is 0.700. The summed E-state index contributed by atoms with van der Waals surface area (Å²) in [6.45, 7) is 9.70. The van der Waals surface area contributed by atoms with Gasteiger partial charge in [0.25, 0.3) is 0 Å². The van der Waals surface area contributed by atoms with Crippen LogP contribution in [0.15, 0.2) is 24.3 Å². The van der Waals surface area contributed by atoms with E-state index >= 15 is 0 Å². The van der Waals surface area contributed by atoms with Crippen molar-refractivity contribution in [2.24, 2.45) is 16.7 Å². The summed E-state index contributed by atoms with van der Waals surface area (Å²) in [6, 6.07) is 8.46. The molecule has 2 aliphatic rings. The van der Waals surface area contributed by atoms with Crippen LogP contribution in [-0.4, -0.2) is 12.9 Å². The Morgan fingerprint density at radius 2 is 1.91 bits per heavy atom. The van der Waals surface area contributed by atoms with Crippen molar-refractivity contribution in [2.75, 3.05) is 6.79 Å². The molecule has 0 aromatic heterocycles. The van der Waals surface area contributed by atoms with Gasteiger partial charge in [0, 0.05) is 3.92 Å². The first kappa shape index (κ1) is 17.5. The Balaban J connectivity index is 1.55. The fourth-order valence-electron chi connectivity index (χ4n) is 4.85. The van der Waals surface area contributed by atoms with Gasteiger partial charge in [-0.25, -0.2) is 0 Å². The first-order valence-electron chi connectivity index (χ1n) is 8.85. The molecule has 0 N–H and O–H groups in total. The van der Waals surface area contributed by atoms with E-state index < -0.39 is 0 Å². The maximum atomic E-state index is 6.23. The van der Waals surface area contributed by atoms with Crippen molar-refractivity contribution >= 4 is 22.6 Å². The minimum atomic E-state index is 0.274. The first-order valence-corrected chi connectivity index (χ1v) is 10.1. The molecular formula is C20H29IO2. The SMILES string of the molecule is CCC(I)c1ccc(OCOC2C3(C)CCC(C3)C2(C)C)cc1. The number of benzene rings is 1. The van der Waals surface area contributed by atoms with E-state index in [4.69, 9.17) is 9.47 Å². The number of fused-ring (bicyclic) bond motifs is 2. The lowest BCUT2D eigenvalue weighted by Crippen LogP contribution is -2.43. The molecule has 2 fully saturated rings. The van der Waals surface area contributed by atoms with E-state index in [2.05, 4.69) is 74.6 Å². The van der Waals surface area contributed by atoms with E-state index in [1.807, 2.05) is 0 Å². The van der Waals surface area contributed by atoms with Crippen molar-refractivity contribution in [1.82, 2.24) is 0 Å². The highest BCUT2D eigenvalue weighted by molar-refractivity contribution is 14.1. The molecule has 0 aliphatic heterocycles. The van der Waals surface area contributed by atoms with Crippen molar-refractivity contribution in [1.29, 1.82) is 0 Å². The molecule has 3 heteroatoms. The maximum absolute atomic E-state index is 6.23. The molecular weight excluding hydrogens is 399 g/mol. The minimum absolute atomic E-state index is 0.274. The number of rotatable bonds is 6. The Morgan fingerprint density at radius 1 is 1.22 bits per heavy atom. The molecule has 0 spiro atoms. The Labute approximate surface area is 154 Å². The number of hydrogen-bond donors (Lipinski definition) is 0. The van der Waals surface area contributed by atoms with Crippen LogP contribution >= 0.6 is 22.6 Å². The fourth-order valence-corrected chi connectivity index (χ4v) is 5.27. The number of halogens is 1. The Bertz CT molecular complexity index is 534. The summed E-state index contributed by atoms with van der Waals surface area (Å²) in [4.78, 5) is 0. The van der Waals surface area contributed by atoms with Gasteiger partial charge < -0.3 is 9.47 Å². The van der Waals surface area contributed by atoms with Crippen LogP contribution in [0, 0.1) is 16.7 Å². The number of hydrogen-bond acceptors (Lipinski definition) is 2. The van der Waals surface area contributed by atoms with Gasteiger partial charge in [-0.2, -0.15) is 0 Å². The van der Waals surface area contributed by atoms with Gasteiger partial charge in [0.1, 0.15) is 5.75 Å². The van der Waals surface area contributed by atoms with Crippen molar-refractivity contribution in [3.05, 3.63) is 29.8 Å². The third kappa shape index (κ3) is 3.28. The van der Waals surface area contributed by atoms with Gasteiger partial charge in [-0.05, 0) is 60.1 Å². The maximum Gasteiger partial charge on any atom is 0.189 e. The summed E-state index contributed by atoms with van der Waals surface area (Å²) in [6.07, 6.45) is 5.44. The molecule has 0 radical (unpaired) electrons. The second-order valence-corrected chi connectivity index (χ2v) is 9.67. The van der Waals surface area contributed by atoms with E-state index in [9.17, 15) is 0 Å². The molecule has 3 rings (SSSR count). The molecule has 23 heavy (non-hydrogen) atoms. The zero-order chi connectivity index (χ0) is 16.7. The second-order valence-electron chi connectivity index (χ2n) is 8.17. The molecule has 1 aromatic carbocycles. The van der Waals surface area contributed by atoms with Crippen molar-refractivity contribution in [2.45, 2.75) is 63.4 Å². The van der Waals surface area contributed by atoms with Crippen LogP contribution in [0.4, 0.5) is 0 Å². The molecule has 4 unspecified atom stereocenters. The van der Waals surface area contributed by atoms with Crippen LogP contribution < -0.4 is 4.74 Å². The van der Waals surface area contributed by atoms with Crippen LogP contribution in [0.5, 0.6) is 5.75 Å². The molecule has 2 nitrogen and oxygen atoms in total. The molecule has 0 heterocycles. The Kier molecular flexibility index (Phi) is 4.99. The average Bonchev–Trinajstić information content (AvgIpc) is 3.01. The van der Waals surface area contributed by atoms with Gasteiger partial charge in [0.2, 0.25) is 0 Å². The summed E-state index contributed by atoms with van der Waals surface area (Å²) in [5.41, 5.74) is 1.98. The highest BCUT2D eigenvalue weighted by Gasteiger charge is 2.60. The number of ether oxygens (including phenoxy) is 2. The average molecular weight is 428 g/mol. The van der Waals surface area contributed by atoms with Gasteiger partial charge in [-0.1, -0.05) is 62.4 Å². The predicted molar refractivity (Wildman–Crippen MR) is 103 cm³/mol. The van der Waals surface area contributed by atoms with Crippen LogP contribution in [0.25, 0.3) is 0 Å². The molecule has 128 valence electrons. The molecule has 4 atom stereocenters. The molecule has 0 amide bonds. The third-order valence-corrected chi connectivity index (χ3v) is 7.80. The monoisotopic (exact) mass is 428 g/mol. The molecule has 1 aromatic rings. The summed E-state index contributed by atoms with van der Waals surface area (Å²) in [5, 5.41) is 0. The molecule has 2 aliphatic carbocycles. The smallest absolute Gasteiger partial charge is 0.189 e. The van der Waals surface area contributed by atoms with Crippen molar-refractivity contribution in [3.63, 3.8) is 0 Å². The summed E-state index contributed by atoms with van der Waals surface area (Å²) < 4.78 is 12.7. The molecule has 0 saturated heterocycles. The van der Waals surface area contributed by atoms with Gasteiger partial charge in [0.05, 0.1) is 6.10 Å². The lowest BCUT2D eigenvalue weighted by Gasteiger charge is -2.42. The second kappa shape index (κ2) is 6.55. The van der Waals surface area contributed by atoms with E-state index in [0.717, 1.165) is 18.1 Å². The lowest BCUT2D eigenvalue weighted by atomic mass is 9.70. The highest BCUT2D eigenvalue weighted by atomic mass is 127. The lowest BCUT2D eigenvalue weighted by molar-refractivity contribution is -0.131. The Hall–Kier alpha value is -0.290. The zero-order valence-corrected chi connectivity index (χ0v) is 16.9. The van der Waals surface area contributed by atoms with Gasteiger partial charge in [-0.3, -0.25) is 0 Å². The van der Waals surface area contributed by atoms with E-state index in [-0.39, 0.29) is 5.41 Å². The highest BCUT2D eigenvalue weighted by Crippen LogP contribution is 2.63. The Morgan fingerprint density at radius 3 is 2.48 bits per heavy atom. The van der Waals surface area contributed by atoms with Crippen LogP contribution in [0.2, 0.25) is 0 Å². The first-order chi connectivity index (χ1) is 10.9. The topological polar surface area (TPSA) is 18.5 Å². The van der Waals surface area contributed by atoms with Gasteiger partial charge in [-0.15, -0.1) is 0 Å². The summed E-state index contributed by atoms with van der Waals surface area (Å²) in [5.74, 6) is 1.71.